The number of nitrogens with one attached hydrogen (secondary N) is 1. The van der Waals surface area contributed by atoms with Crippen LogP contribution in [0.3, 0.4) is 0 Å². The number of hydrogen-bond acceptors (Lipinski definition) is 6. The van der Waals surface area contributed by atoms with Crippen LogP contribution in [-0.4, -0.2) is 51.5 Å². The van der Waals surface area contributed by atoms with Crippen LogP contribution in [-0.2, 0) is 21.2 Å². The number of piperidine rings is 1. The zero-order valence-corrected chi connectivity index (χ0v) is 22.3. The topological polar surface area (TPSA) is 94.2 Å². The number of amides is 1. The summed E-state index contributed by atoms with van der Waals surface area (Å²) in [4.78, 5) is 13.3. The van der Waals surface area contributed by atoms with Crippen molar-refractivity contribution in [2.45, 2.75) is 68.9 Å². The molecular formula is C27H36N2O6S. The second kappa shape index (κ2) is 10.7. The van der Waals surface area contributed by atoms with Gasteiger partial charge in [-0.05, 0) is 69.0 Å². The number of aryl methyl sites for hydroxylation is 1. The third-order valence-corrected chi connectivity index (χ3v) is 8.73. The van der Waals surface area contributed by atoms with Crippen LogP contribution in [0.4, 0.5) is 0 Å². The van der Waals surface area contributed by atoms with Crippen LogP contribution >= 0.6 is 0 Å². The molecule has 9 heteroatoms. The Kier molecular flexibility index (Phi) is 7.80. The van der Waals surface area contributed by atoms with E-state index < -0.39 is 15.6 Å². The van der Waals surface area contributed by atoms with Crippen LogP contribution in [0.2, 0.25) is 0 Å². The Morgan fingerprint density at radius 3 is 2.53 bits per heavy atom. The van der Waals surface area contributed by atoms with Crippen molar-refractivity contribution in [2.75, 3.05) is 27.3 Å². The van der Waals surface area contributed by atoms with Gasteiger partial charge in [-0.1, -0.05) is 6.42 Å². The number of hydrogen-bond donors (Lipinski definition) is 1. The van der Waals surface area contributed by atoms with Crippen molar-refractivity contribution in [2.24, 2.45) is 0 Å². The molecule has 0 unspecified atom stereocenters. The minimum atomic E-state index is -3.57. The third kappa shape index (κ3) is 5.78. The summed E-state index contributed by atoms with van der Waals surface area (Å²) in [5.41, 5.74) is 1.16. The first-order valence-corrected chi connectivity index (χ1v) is 13.9. The van der Waals surface area contributed by atoms with Crippen LogP contribution in [0, 0.1) is 0 Å². The molecule has 1 saturated heterocycles. The van der Waals surface area contributed by atoms with Gasteiger partial charge in [0.1, 0.15) is 22.8 Å². The van der Waals surface area contributed by atoms with Crippen molar-refractivity contribution in [3.8, 4) is 17.2 Å². The van der Waals surface area contributed by atoms with Gasteiger partial charge in [0.05, 0.1) is 25.2 Å². The van der Waals surface area contributed by atoms with Gasteiger partial charge in [0.25, 0.3) is 0 Å². The molecule has 36 heavy (non-hydrogen) atoms. The average Bonchev–Trinajstić information content (AvgIpc) is 2.86. The van der Waals surface area contributed by atoms with Crippen molar-refractivity contribution in [3.63, 3.8) is 0 Å². The van der Waals surface area contributed by atoms with E-state index >= 15 is 0 Å². The molecule has 1 fully saturated rings. The van der Waals surface area contributed by atoms with Crippen LogP contribution in [0.5, 0.6) is 17.2 Å². The zero-order chi connectivity index (χ0) is 25.9. The van der Waals surface area contributed by atoms with Crippen LogP contribution in [0.15, 0.2) is 41.3 Å². The molecule has 2 aliphatic rings. The predicted molar refractivity (Wildman–Crippen MR) is 137 cm³/mol. The lowest BCUT2D eigenvalue weighted by molar-refractivity contribution is -0.122. The molecule has 2 aliphatic heterocycles. The Morgan fingerprint density at radius 2 is 1.83 bits per heavy atom. The summed E-state index contributed by atoms with van der Waals surface area (Å²) in [6, 6.07) is 10.3. The van der Waals surface area contributed by atoms with Gasteiger partial charge in [-0.25, -0.2) is 8.42 Å². The number of sulfonamides is 1. The van der Waals surface area contributed by atoms with E-state index in [4.69, 9.17) is 14.2 Å². The zero-order valence-electron chi connectivity index (χ0n) is 21.5. The number of rotatable bonds is 8. The smallest absolute Gasteiger partial charge is 0.243 e. The Balaban J connectivity index is 1.48. The Hall–Kier alpha value is -2.78. The van der Waals surface area contributed by atoms with Crippen molar-refractivity contribution in [1.29, 1.82) is 0 Å². The quantitative estimate of drug-likeness (QED) is 0.564. The first kappa shape index (κ1) is 26.3. The molecule has 0 spiro atoms. The standard InChI is InChI=1S/C27H36N2O6S/c1-27(2)18-23(22-11-9-20(33-3)17-25(22)35-27)28-26(30)13-8-19-16-21(10-12-24(19)34-4)36(31,32)29-14-6-5-7-15-29/h9-12,16-17,23H,5-8,13-15,18H2,1-4H3,(H,28,30)/t23-/m0/s1. The highest BCUT2D eigenvalue weighted by molar-refractivity contribution is 7.89. The van der Waals surface area contributed by atoms with Gasteiger partial charge in [-0.2, -0.15) is 4.31 Å². The molecule has 0 bridgehead atoms. The van der Waals surface area contributed by atoms with E-state index in [1.807, 2.05) is 32.0 Å². The summed E-state index contributed by atoms with van der Waals surface area (Å²) in [6.07, 6.45) is 4.00. The van der Waals surface area contributed by atoms with Crippen molar-refractivity contribution < 1.29 is 27.4 Å². The number of benzene rings is 2. The molecule has 0 aliphatic carbocycles. The number of methoxy groups -OCH3 is 2. The van der Waals surface area contributed by atoms with E-state index in [-0.39, 0.29) is 23.3 Å². The summed E-state index contributed by atoms with van der Waals surface area (Å²) in [5, 5.41) is 3.15. The summed E-state index contributed by atoms with van der Waals surface area (Å²) >= 11 is 0. The highest BCUT2D eigenvalue weighted by Crippen LogP contribution is 2.41. The lowest BCUT2D eigenvalue weighted by Gasteiger charge is -2.38. The van der Waals surface area contributed by atoms with Crippen molar-refractivity contribution >= 4 is 15.9 Å². The maximum atomic E-state index is 13.1. The highest BCUT2D eigenvalue weighted by Gasteiger charge is 2.35. The minimum absolute atomic E-state index is 0.120. The van der Waals surface area contributed by atoms with Crippen molar-refractivity contribution in [1.82, 2.24) is 9.62 Å². The maximum Gasteiger partial charge on any atom is 0.243 e. The summed E-state index contributed by atoms with van der Waals surface area (Å²) < 4.78 is 44.8. The van der Waals surface area contributed by atoms with Gasteiger partial charge >= 0.3 is 0 Å². The monoisotopic (exact) mass is 516 g/mol. The van der Waals surface area contributed by atoms with Gasteiger partial charge < -0.3 is 19.5 Å². The molecule has 8 nitrogen and oxygen atoms in total. The Bertz CT molecular complexity index is 1200. The number of carbonyl (C=O) groups is 1. The Labute approximate surface area is 214 Å². The van der Waals surface area contributed by atoms with Crippen LogP contribution in [0.1, 0.15) is 63.1 Å². The van der Waals surface area contributed by atoms with Gasteiger partial charge in [-0.15, -0.1) is 0 Å². The molecular weight excluding hydrogens is 480 g/mol. The maximum absolute atomic E-state index is 13.1. The fourth-order valence-corrected chi connectivity index (χ4v) is 6.54. The molecule has 0 radical (unpaired) electrons. The number of fused-ring (bicyclic) bond motifs is 1. The third-order valence-electron chi connectivity index (χ3n) is 6.84. The molecule has 0 saturated carbocycles. The largest absolute Gasteiger partial charge is 0.497 e. The normalized spacial score (nSPS) is 19.6. The lowest BCUT2D eigenvalue weighted by atomic mass is 9.89. The predicted octanol–water partition coefficient (Wildman–Crippen LogP) is 4.23. The second-order valence-corrected chi connectivity index (χ2v) is 12.0. The molecule has 1 atom stereocenters. The fraction of sp³-hybridized carbons (Fsp3) is 0.519. The van der Waals surface area contributed by atoms with E-state index in [1.165, 1.54) is 0 Å². The first-order valence-electron chi connectivity index (χ1n) is 12.5. The van der Waals surface area contributed by atoms with Gasteiger partial charge in [0, 0.05) is 37.6 Å². The van der Waals surface area contributed by atoms with E-state index in [1.54, 1.807) is 36.7 Å². The summed E-state index contributed by atoms with van der Waals surface area (Å²) in [5.74, 6) is 1.85. The molecule has 2 aromatic carbocycles. The molecule has 0 aromatic heterocycles. The molecule has 1 N–H and O–H groups in total. The average molecular weight is 517 g/mol. The first-order chi connectivity index (χ1) is 17.1. The molecule has 196 valence electrons. The summed E-state index contributed by atoms with van der Waals surface area (Å²) in [6.45, 7) is 5.07. The lowest BCUT2D eigenvalue weighted by Crippen LogP contribution is -2.41. The van der Waals surface area contributed by atoms with Crippen LogP contribution < -0.4 is 19.5 Å². The van der Waals surface area contributed by atoms with Gasteiger partial charge in [-0.3, -0.25) is 4.79 Å². The number of carbonyl (C=O) groups excluding carboxylic acids is 1. The van der Waals surface area contributed by atoms with E-state index in [9.17, 15) is 13.2 Å². The van der Waals surface area contributed by atoms with Gasteiger partial charge in [0.15, 0.2) is 0 Å². The van der Waals surface area contributed by atoms with E-state index in [0.29, 0.717) is 48.7 Å². The SMILES string of the molecule is COc1ccc2c(c1)OC(C)(C)C[C@@H]2NC(=O)CCc1cc(S(=O)(=O)N2CCCCC2)ccc1OC. The number of nitrogens with zero attached hydrogens (tertiary/aromatic N) is 1. The second-order valence-electron chi connectivity index (χ2n) is 10.0. The Morgan fingerprint density at radius 1 is 1.08 bits per heavy atom. The molecule has 1 amide bonds. The summed E-state index contributed by atoms with van der Waals surface area (Å²) in [7, 11) is -0.414. The number of ether oxygens (including phenoxy) is 3. The van der Waals surface area contributed by atoms with Crippen LogP contribution in [0.25, 0.3) is 0 Å². The van der Waals surface area contributed by atoms with Gasteiger partial charge in [0.2, 0.25) is 15.9 Å². The highest BCUT2D eigenvalue weighted by atomic mass is 32.2. The molecule has 2 aromatic rings. The van der Waals surface area contributed by atoms with E-state index in [2.05, 4.69) is 5.32 Å². The molecule has 4 rings (SSSR count). The minimum Gasteiger partial charge on any atom is -0.497 e. The molecule has 2 heterocycles. The van der Waals surface area contributed by atoms with Crippen molar-refractivity contribution in [3.05, 3.63) is 47.5 Å². The fourth-order valence-electron chi connectivity index (χ4n) is 4.97. The van der Waals surface area contributed by atoms with E-state index in [0.717, 1.165) is 24.8 Å².